The molecule has 62 valence electrons. The summed E-state index contributed by atoms with van der Waals surface area (Å²) in [6.45, 7) is 3.31. The summed E-state index contributed by atoms with van der Waals surface area (Å²) in [5.74, 6) is 0.859. The van der Waals surface area contributed by atoms with Crippen molar-refractivity contribution in [3.63, 3.8) is 0 Å². The first kappa shape index (κ1) is 7.32. The van der Waals surface area contributed by atoms with Crippen LogP contribution in [0.1, 0.15) is 12.8 Å². The molecule has 0 aromatic heterocycles. The van der Waals surface area contributed by atoms with Crippen molar-refractivity contribution in [2.45, 2.75) is 18.9 Å². The second-order valence-electron chi connectivity index (χ2n) is 3.59. The molecule has 2 nitrogen and oxygen atoms in total. The number of likely N-dealkylation sites (tertiary alicyclic amines) is 1. The SMILES string of the molecule is NCCCN1C[C@@H]2C=C[C@H]1C2. The van der Waals surface area contributed by atoms with Crippen LogP contribution >= 0.6 is 0 Å². The number of fused-ring (bicyclic) bond motifs is 2. The minimum absolute atomic E-state index is 0.756. The summed E-state index contributed by atoms with van der Waals surface area (Å²) >= 11 is 0. The van der Waals surface area contributed by atoms with Crippen molar-refractivity contribution in [1.29, 1.82) is 0 Å². The number of nitrogens with zero attached hydrogens (tertiary/aromatic N) is 1. The van der Waals surface area contributed by atoms with Gasteiger partial charge in [0.15, 0.2) is 0 Å². The number of hydrogen-bond donors (Lipinski definition) is 1. The van der Waals surface area contributed by atoms with Crippen LogP contribution in [0.25, 0.3) is 0 Å². The first-order valence-corrected chi connectivity index (χ1v) is 4.52. The lowest BCUT2D eigenvalue weighted by Crippen LogP contribution is -2.31. The van der Waals surface area contributed by atoms with Gasteiger partial charge in [-0.2, -0.15) is 0 Å². The van der Waals surface area contributed by atoms with Crippen molar-refractivity contribution in [3.8, 4) is 0 Å². The molecule has 2 aliphatic rings. The Balaban J connectivity index is 1.84. The van der Waals surface area contributed by atoms with E-state index in [9.17, 15) is 0 Å². The Hall–Kier alpha value is -0.340. The van der Waals surface area contributed by atoms with Gasteiger partial charge in [-0.05, 0) is 31.8 Å². The molecule has 1 aliphatic carbocycles. The van der Waals surface area contributed by atoms with Gasteiger partial charge < -0.3 is 5.73 Å². The van der Waals surface area contributed by atoms with Crippen LogP contribution in [-0.2, 0) is 0 Å². The molecule has 2 bridgehead atoms. The van der Waals surface area contributed by atoms with E-state index >= 15 is 0 Å². The lowest BCUT2D eigenvalue weighted by Gasteiger charge is -2.22. The highest BCUT2D eigenvalue weighted by Gasteiger charge is 2.32. The average Bonchev–Trinajstić information content (AvgIpc) is 2.60. The Bertz CT molecular complexity index is 165. The van der Waals surface area contributed by atoms with Gasteiger partial charge in [-0.3, -0.25) is 4.90 Å². The van der Waals surface area contributed by atoms with Crippen LogP contribution in [0.2, 0.25) is 0 Å². The van der Waals surface area contributed by atoms with E-state index in [1.54, 1.807) is 0 Å². The predicted octanol–water partition coefficient (Wildman–Crippen LogP) is 0.595. The third-order valence-electron chi connectivity index (χ3n) is 2.74. The van der Waals surface area contributed by atoms with Crippen LogP contribution in [-0.4, -0.2) is 30.6 Å². The van der Waals surface area contributed by atoms with Crippen molar-refractivity contribution in [2.24, 2.45) is 11.7 Å². The van der Waals surface area contributed by atoms with Gasteiger partial charge in [-0.1, -0.05) is 12.2 Å². The summed E-state index contributed by atoms with van der Waals surface area (Å²) in [5, 5.41) is 0. The molecule has 0 saturated carbocycles. The van der Waals surface area contributed by atoms with Crippen LogP contribution < -0.4 is 5.73 Å². The molecule has 0 amide bonds. The highest BCUT2D eigenvalue weighted by atomic mass is 15.2. The molecule has 0 aromatic rings. The zero-order chi connectivity index (χ0) is 7.68. The van der Waals surface area contributed by atoms with E-state index in [2.05, 4.69) is 17.1 Å². The molecule has 0 radical (unpaired) electrons. The summed E-state index contributed by atoms with van der Waals surface area (Å²) in [6.07, 6.45) is 7.23. The van der Waals surface area contributed by atoms with Crippen molar-refractivity contribution in [3.05, 3.63) is 12.2 Å². The highest BCUT2D eigenvalue weighted by molar-refractivity contribution is 5.12. The number of rotatable bonds is 3. The number of hydrogen-bond acceptors (Lipinski definition) is 2. The lowest BCUT2D eigenvalue weighted by atomic mass is 10.2. The quantitative estimate of drug-likeness (QED) is 0.600. The van der Waals surface area contributed by atoms with Crippen LogP contribution in [0.4, 0.5) is 0 Å². The van der Waals surface area contributed by atoms with Crippen molar-refractivity contribution in [2.75, 3.05) is 19.6 Å². The Morgan fingerprint density at radius 3 is 2.91 bits per heavy atom. The molecule has 2 atom stereocenters. The van der Waals surface area contributed by atoms with E-state index in [-0.39, 0.29) is 0 Å². The van der Waals surface area contributed by atoms with E-state index in [0.29, 0.717) is 0 Å². The lowest BCUT2D eigenvalue weighted by molar-refractivity contribution is 0.278. The Morgan fingerprint density at radius 2 is 2.36 bits per heavy atom. The Morgan fingerprint density at radius 1 is 1.45 bits per heavy atom. The molecule has 2 heteroatoms. The molecule has 1 fully saturated rings. The zero-order valence-electron chi connectivity index (χ0n) is 6.87. The van der Waals surface area contributed by atoms with E-state index in [1.165, 1.54) is 19.5 Å². The van der Waals surface area contributed by atoms with Gasteiger partial charge in [0.1, 0.15) is 0 Å². The van der Waals surface area contributed by atoms with Crippen LogP contribution in [0.3, 0.4) is 0 Å². The molecule has 0 spiro atoms. The summed E-state index contributed by atoms with van der Waals surface area (Å²) in [5.41, 5.74) is 5.46. The first-order valence-electron chi connectivity index (χ1n) is 4.52. The maximum atomic E-state index is 5.46. The van der Waals surface area contributed by atoms with Crippen LogP contribution in [0.5, 0.6) is 0 Å². The van der Waals surface area contributed by atoms with Gasteiger partial charge in [-0.25, -0.2) is 0 Å². The minimum Gasteiger partial charge on any atom is -0.330 e. The maximum Gasteiger partial charge on any atom is 0.0284 e. The van der Waals surface area contributed by atoms with Crippen LogP contribution in [0, 0.1) is 5.92 Å². The summed E-state index contributed by atoms with van der Waals surface area (Å²) in [6, 6.07) is 0.756. The molecular weight excluding hydrogens is 136 g/mol. The van der Waals surface area contributed by atoms with Crippen molar-refractivity contribution >= 4 is 0 Å². The smallest absolute Gasteiger partial charge is 0.0284 e. The van der Waals surface area contributed by atoms with Crippen LogP contribution in [0.15, 0.2) is 12.2 Å². The van der Waals surface area contributed by atoms with Gasteiger partial charge in [-0.15, -0.1) is 0 Å². The monoisotopic (exact) mass is 152 g/mol. The fraction of sp³-hybridized carbons (Fsp3) is 0.778. The molecule has 0 unspecified atom stereocenters. The average molecular weight is 152 g/mol. The summed E-state index contributed by atoms with van der Waals surface area (Å²) < 4.78 is 0. The Kier molecular flexibility index (Phi) is 1.96. The Labute approximate surface area is 68.1 Å². The fourth-order valence-corrected chi connectivity index (χ4v) is 2.15. The van der Waals surface area contributed by atoms with E-state index in [0.717, 1.165) is 24.9 Å². The van der Waals surface area contributed by atoms with Gasteiger partial charge in [0, 0.05) is 12.6 Å². The largest absolute Gasteiger partial charge is 0.330 e. The minimum atomic E-state index is 0.756. The van der Waals surface area contributed by atoms with Gasteiger partial charge >= 0.3 is 0 Å². The normalized spacial score (nSPS) is 35.4. The second-order valence-corrected chi connectivity index (χ2v) is 3.59. The highest BCUT2D eigenvalue weighted by Crippen LogP contribution is 2.30. The molecule has 2 N–H and O–H groups in total. The predicted molar refractivity (Wildman–Crippen MR) is 46.3 cm³/mol. The van der Waals surface area contributed by atoms with E-state index < -0.39 is 0 Å². The molecular formula is C9H16N2. The van der Waals surface area contributed by atoms with Gasteiger partial charge in [0.05, 0.1) is 0 Å². The molecule has 11 heavy (non-hydrogen) atoms. The standard InChI is InChI=1S/C9H16N2/c10-4-1-5-11-7-8-2-3-9(11)6-8/h2-3,8-9H,1,4-7,10H2/t8-,9+/m1/s1. The topological polar surface area (TPSA) is 29.3 Å². The summed E-state index contributed by atoms with van der Waals surface area (Å²) in [4.78, 5) is 2.55. The number of nitrogens with two attached hydrogens (primary N) is 1. The third-order valence-corrected chi connectivity index (χ3v) is 2.74. The van der Waals surface area contributed by atoms with Crippen molar-refractivity contribution in [1.82, 2.24) is 4.90 Å². The van der Waals surface area contributed by atoms with Gasteiger partial charge in [0.25, 0.3) is 0 Å². The zero-order valence-corrected chi connectivity index (χ0v) is 6.87. The van der Waals surface area contributed by atoms with Crippen molar-refractivity contribution < 1.29 is 0 Å². The first-order chi connectivity index (χ1) is 5.40. The molecule has 1 heterocycles. The second kappa shape index (κ2) is 2.95. The molecule has 2 rings (SSSR count). The van der Waals surface area contributed by atoms with E-state index in [4.69, 9.17) is 5.73 Å². The molecule has 0 aromatic carbocycles. The van der Waals surface area contributed by atoms with E-state index in [1.807, 2.05) is 0 Å². The maximum absolute atomic E-state index is 5.46. The summed E-state index contributed by atoms with van der Waals surface area (Å²) in [7, 11) is 0. The van der Waals surface area contributed by atoms with Gasteiger partial charge in [0.2, 0.25) is 0 Å². The third kappa shape index (κ3) is 1.33. The molecule has 1 saturated heterocycles. The molecule has 1 aliphatic heterocycles. The fourth-order valence-electron chi connectivity index (χ4n) is 2.15.